The summed E-state index contributed by atoms with van der Waals surface area (Å²) in [5, 5.41) is 27.3. The van der Waals surface area contributed by atoms with Gasteiger partial charge in [-0.3, -0.25) is 0 Å². The molecule has 2 atom stereocenters. The molecule has 0 fully saturated rings. The van der Waals surface area contributed by atoms with Gasteiger partial charge in [0.05, 0.1) is 12.5 Å². The molecule has 3 aromatic carbocycles. The van der Waals surface area contributed by atoms with Gasteiger partial charge in [0.15, 0.2) is 0 Å². The van der Waals surface area contributed by atoms with Gasteiger partial charge in [-0.15, -0.1) is 0 Å². The van der Waals surface area contributed by atoms with Gasteiger partial charge < -0.3 is 20.3 Å². The van der Waals surface area contributed by atoms with Gasteiger partial charge in [-0.1, -0.05) is 30.3 Å². The van der Waals surface area contributed by atoms with Crippen molar-refractivity contribution in [2.75, 3.05) is 7.11 Å². The third-order valence-electron chi connectivity index (χ3n) is 5.59. The Hall–Kier alpha value is -2.72. The number of phenols is 2. The zero-order chi connectivity index (χ0) is 19.3. The molecule has 0 saturated heterocycles. The fraction of sp³-hybridized carbons (Fsp3) is 0.304. The largest absolute Gasteiger partial charge is 0.507 e. The molecule has 140 valence electrons. The van der Waals surface area contributed by atoms with Crippen LogP contribution in [0.4, 0.5) is 0 Å². The van der Waals surface area contributed by atoms with Crippen LogP contribution in [0.25, 0.3) is 21.9 Å². The number of hydrogen-bond acceptors (Lipinski definition) is 4. The summed E-state index contributed by atoms with van der Waals surface area (Å²) in [5.41, 5.74) is 4.29. The topological polar surface area (TPSA) is 61.7 Å². The van der Waals surface area contributed by atoms with Gasteiger partial charge in [0.1, 0.15) is 17.2 Å². The number of rotatable bonds is 2. The molecule has 0 aromatic heterocycles. The summed E-state index contributed by atoms with van der Waals surface area (Å²) in [6, 6.07) is 12.1. The molecule has 27 heavy (non-hydrogen) atoms. The molecule has 1 aliphatic heterocycles. The molecule has 0 spiro atoms. The monoisotopic (exact) mass is 363 g/mol. The quantitative estimate of drug-likeness (QED) is 0.610. The molecular weight excluding hydrogens is 338 g/mol. The molecule has 4 rings (SSSR count). The summed E-state index contributed by atoms with van der Waals surface area (Å²) >= 11 is 0. The van der Waals surface area contributed by atoms with E-state index in [0.29, 0.717) is 28.3 Å². The van der Waals surface area contributed by atoms with Gasteiger partial charge in [0.25, 0.3) is 0 Å². The zero-order valence-corrected chi connectivity index (χ0v) is 16.1. The number of nitrogens with one attached hydrogen (secondary N) is 1. The van der Waals surface area contributed by atoms with Crippen LogP contribution in [0.3, 0.4) is 0 Å². The smallest absolute Gasteiger partial charge is 0.135 e. The van der Waals surface area contributed by atoms with Crippen molar-refractivity contribution in [3.05, 3.63) is 53.1 Å². The van der Waals surface area contributed by atoms with Gasteiger partial charge in [-0.2, -0.15) is 0 Å². The van der Waals surface area contributed by atoms with Crippen molar-refractivity contribution in [3.63, 3.8) is 0 Å². The first-order valence-electron chi connectivity index (χ1n) is 9.32. The number of aromatic hydroxyl groups is 2. The first-order chi connectivity index (χ1) is 12.9. The summed E-state index contributed by atoms with van der Waals surface area (Å²) < 4.78 is 5.46. The molecule has 3 aromatic rings. The molecule has 0 saturated carbocycles. The average Bonchev–Trinajstić information content (AvgIpc) is 2.62. The molecule has 4 nitrogen and oxygen atoms in total. The molecule has 0 unspecified atom stereocenters. The first kappa shape index (κ1) is 17.7. The van der Waals surface area contributed by atoms with Crippen molar-refractivity contribution in [2.45, 2.75) is 39.3 Å². The van der Waals surface area contributed by atoms with Crippen molar-refractivity contribution in [2.24, 2.45) is 0 Å². The molecule has 0 aliphatic carbocycles. The summed E-state index contributed by atoms with van der Waals surface area (Å²) in [5.74, 6) is 1.00. The molecule has 0 radical (unpaired) electrons. The fourth-order valence-corrected chi connectivity index (χ4v) is 4.46. The number of methoxy groups -OCH3 is 1. The van der Waals surface area contributed by atoms with E-state index in [-0.39, 0.29) is 17.5 Å². The number of ether oxygens (including phenoxy) is 1. The molecule has 1 heterocycles. The maximum Gasteiger partial charge on any atom is 0.135 e. The van der Waals surface area contributed by atoms with Crippen LogP contribution < -0.4 is 10.1 Å². The van der Waals surface area contributed by atoms with Crippen LogP contribution in [-0.2, 0) is 6.42 Å². The highest BCUT2D eigenvalue weighted by atomic mass is 16.5. The molecule has 1 aliphatic rings. The molecular formula is C23H25NO3. The lowest BCUT2D eigenvalue weighted by molar-refractivity contribution is 0.409. The highest BCUT2D eigenvalue weighted by Gasteiger charge is 2.27. The normalized spacial score (nSPS) is 19.1. The predicted molar refractivity (Wildman–Crippen MR) is 109 cm³/mol. The van der Waals surface area contributed by atoms with E-state index in [2.05, 4.69) is 25.2 Å². The summed E-state index contributed by atoms with van der Waals surface area (Å²) in [6.07, 6.45) is 0.879. The number of aryl methyl sites for hydroxylation is 1. The first-order valence-corrected chi connectivity index (χ1v) is 9.32. The minimum atomic E-state index is 0.0566. The lowest BCUT2D eigenvalue weighted by Gasteiger charge is -2.30. The number of benzene rings is 3. The Balaban J connectivity index is 2.00. The van der Waals surface area contributed by atoms with Gasteiger partial charge in [-0.25, -0.2) is 0 Å². The van der Waals surface area contributed by atoms with Crippen LogP contribution in [0.15, 0.2) is 36.4 Å². The highest BCUT2D eigenvalue weighted by Crippen LogP contribution is 2.47. The van der Waals surface area contributed by atoms with E-state index in [1.807, 2.05) is 37.3 Å². The maximum atomic E-state index is 11.1. The third-order valence-corrected chi connectivity index (χ3v) is 5.59. The minimum Gasteiger partial charge on any atom is -0.507 e. The fourth-order valence-electron chi connectivity index (χ4n) is 4.46. The van der Waals surface area contributed by atoms with E-state index in [1.165, 1.54) is 0 Å². The molecule has 4 heteroatoms. The van der Waals surface area contributed by atoms with Crippen molar-refractivity contribution >= 4 is 10.8 Å². The van der Waals surface area contributed by atoms with Crippen LogP contribution >= 0.6 is 0 Å². The Morgan fingerprint density at radius 3 is 2.59 bits per heavy atom. The number of fused-ring (bicyclic) bond motifs is 2. The van der Waals surface area contributed by atoms with Gasteiger partial charge in [-0.05, 0) is 49.8 Å². The Bertz CT molecular complexity index is 1040. The van der Waals surface area contributed by atoms with E-state index in [1.54, 1.807) is 7.11 Å². The Labute approximate surface area is 159 Å². The number of hydrogen-bond donors (Lipinski definition) is 3. The van der Waals surface area contributed by atoms with E-state index in [4.69, 9.17) is 4.74 Å². The van der Waals surface area contributed by atoms with Crippen molar-refractivity contribution in [3.8, 4) is 28.4 Å². The standard InChI is InChI=1S/C23H25NO3/c1-12-10-15-6-5-7-18(27-4)21(15)23(26)19(12)17-9-8-16-11-13(2)24-14(3)20(16)22(17)25/h5-10,13-14,24-26H,11H2,1-4H3/t13-,14-/m1/s1. The number of phenolic OH excluding ortho intramolecular Hbond substituents is 2. The van der Waals surface area contributed by atoms with E-state index in [0.717, 1.165) is 28.5 Å². The van der Waals surface area contributed by atoms with Crippen LogP contribution in [0.5, 0.6) is 17.2 Å². The van der Waals surface area contributed by atoms with Crippen molar-refractivity contribution in [1.29, 1.82) is 0 Å². The second kappa shape index (κ2) is 6.46. The second-order valence-electron chi connectivity index (χ2n) is 7.50. The maximum absolute atomic E-state index is 11.1. The lowest BCUT2D eigenvalue weighted by Crippen LogP contribution is -2.36. The Morgan fingerprint density at radius 1 is 1.07 bits per heavy atom. The zero-order valence-electron chi connectivity index (χ0n) is 16.1. The van der Waals surface area contributed by atoms with Gasteiger partial charge >= 0.3 is 0 Å². The van der Waals surface area contributed by atoms with Crippen molar-refractivity contribution in [1.82, 2.24) is 5.32 Å². The SMILES string of the molecule is COc1cccc2cc(C)c(-c3ccc4c(c3O)[C@@H](C)N[C@H](C)C4)c(O)c12. The van der Waals surface area contributed by atoms with Gasteiger partial charge in [0, 0.05) is 28.8 Å². The highest BCUT2D eigenvalue weighted by molar-refractivity contribution is 6.01. The van der Waals surface area contributed by atoms with Crippen LogP contribution in [0.1, 0.15) is 36.6 Å². The van der Waals surface area contributed by atoms with Crippen molar-refractivity contribution < 1.29 is 14.9 Å². The minimum absolute atomic E-state index is 0.0566. The van der Waals surface area contributed by atoms with Gasteiger partial charge in [0.2, 0.25) is 0 Å². The van der Waals surface area contributed by atoms with Crippen LogP contribution in [0, 0.1) is 6.92 Å². The molecule has 0 bridgehead atoms. The predicted octanol–water partition coefficient (Wildman–Crippen LogP) is 4.83. The van der Waals surface area contributed by atoms with E-state index >= 15 is 0 Å². The molecule has 0 amide bonds. The average molecular weight is 363 g/mol. The second-order valence-corrected chi connectivity index (χ2v) is 7.50. The summed E-state index contributed by atoms with van der Waals surface area (Å²) in [4.78, 5) is 0. The van der Waals surface area contributed by atoms with Crippen LogP contribution in [-0.4, -0.2) is 23.4 Å². The van der Waals surface area contributed by atoms with Crippen LogP contribution in [0.2, 0.25) is 0 Å². The summed E-state index contributed by atoms with van der Waals surface area (Å²) in [7, 11) is 1.60. The molecule has 3 N–H and O–H groups in total. The Kier molecular flexibility index (Phi) is 4.23. The van der Waals surface area contributed by atoms with E-state index < -0.39 is 0 Å². The third kappa shape index (κ3) is 2.72. The van der Waals surface area contributed by atoms with E-state index in [9.17, 15) is 10.2 Å². The summed E-state index contributed by atoms with van der Waals surface area (Å²) in [6.45, 7) is 6.17. The Morgan fingerprint density at radius 2 is 1.85 bits per heavy atom. The lowest BCUT2D eigenvalue weighted by atomic mass is 9.86.